The molecule has 1 heterocycles. The number of fused-ring (bicyclic) bond motifs is 1. The Kier molecular flexibility index (Phi) is 9.85. The van der Waals surface area contributed by atoms with Gasteiger partial charge in [-0.3, -0.25) is 0 Å². The first-order valence-electron chi connectivity index (χ1n) is 7.33. The van der Waals surface area contributed by atoms with Gasteiger partial charge >= 0.3 is 0 Å². The average molecular weight is 244 g/mol. The molecule has 1 saturated heterocycles. The van der Waals surface area contributed by atoms with E-state index in [1.807, 2.05) is 13.8 Å². The first-order valence-corrected chi connectivity index (χ1v) is 7.33. The van der Waals surface area contributed by atoms with Crippen LogP contribution in [0.15, 0.2) is 0 Å². The zero-order chi connectivity index (χ0) is 13.3. The summed E-state index contributed by atoms with van der Waals surface area (Å²) in [5.41, 5.74) is 0. The molecule has 2 aliphatic rings. The van der Waals surface area contributed by atoms with Gasteiger partial charge in [0.05, 0.1) is 12.7 Å². The van der Waals surface area contributed by atoms with E-state index in [1.54, 1.807) is 0 Å². The fraction of sp³-hybridized carbons (Fsp3) is 1.00. The van der Waals surface area contributed by atoms with Crippen molar-refractivity contribution in [2.24, 2.45) is 17.8 Å². The summed E-state index contributed by atoms with van der Waals surface area (Å²) < 4.78 is 5.82. The second kappa shape index (κ2) is 9.90. The first-order chi connectivity index (χ1) is 8.27. The largest absolute Gasteiger partial charge is 0.400 e. The molecule has 104 valence electrons. The number of aliphatic hydroxyl groups is 1. The third-order valence-corrected chi connectivity index (χ3v) is 4.07. The highest BCUT2D eigenvalue weighted by atomic mass is 16.5. The van der Waals surface area contributed by atoms with E-state index in [-0.39, 0.29) is 0 Å². The van der Waals surface area contributed by atoms with Crippen molar-refractivity contribution in [3.63, 3.8) is 0 Å². The molecule has 3 unspecified atom stereocenters. The smallest absolute Gasteiger partial charge is 0.0547 e. The molecule has 4 atom stereocenters. The molecule has 0 aromatic heterocycles. The number of rotatable bonds is 0. The van der Waals surface area contributed by atoms with Gasteiger partial charge in [0.2, 0.25) is 0 Å². The van der Waals surface area contributed by atoms with Crippen molar-refractivity contribution in [2.45, 2.75) is 65.9 Å². The molecule has 0 aromatic carbocycles. The Labute approximate surface area is 108 Å². The lowest BCUT2D eigenvalue weighted by molar-refractivity contribution is 0.0321. The Morgan fingerprint density at radius 1 is 0.941 bits per heavy atom. The van der Waals surface area contributed by atoms with Crippen molar-refractivity contribution in [1.29, 1.82) is 0 Å². The predicted molar refractivity (Wildman–Crippen MR) is 74.1 cm³/mol. The molecule has 1 aliphatic carbocycles. The van der Waals surface area contributed by atoms with E-state index >= 15 is 0 Å². The normalized spacial score (nSPS) is 36.4. The summed E-state index contributed by atoms with van der Waals surface area (Å²) in [6.45, 7) is 9.70. The molecule has 0 spiro atoms. The monoisotopic (exact) mass is 244 g/mol. The van der Waals surface area contributed by atoms with Crippen molar-refractivity contribution in [3.8, 4) is 0 Å². The molecule has 2 rings (SSSR count). The number of hydrogen-bond donors (Lipinski definition) is 1. The summed E-state index contributed by atoms with van der Waals surface area (Å²) in [5, 5.41) is 7.00. The number of ether oxygens (including phenoxy) is 1. The lowest BCUT2D eigenvalue weighted by atomic mass is 9.71. The maximum Gasteiger partial charge on any atom is 0.0547 e. The molecule has 0 amide bonds. The minimum absolute atomic E-state index is 0.512. The van der Waals surface area contributed by atoms with E-state index in [9.17, 15) is 0 Å². The van der Waals surface area contributed by atoms with E-state index in [4.69, 9.17) is 9.84 Å². The van der Waals surface area contributed by atoms with Crippen LogP contribution in [0, 0.1) is 17.8 Å². The molecular formula is C15H32O2. The lowest BCUT2D eigenvalue weighted by Gasteiger charge is -2.34. The van der Waals surface area contributed by atoms with Crippen LogP contribution >= 0.6 is 0 Å². The van der Waals surface area contributed by atoms with Crippen molar-refractivity contribution in [2.75, 3.05) is 13.7 Å². The zero-order valence-corrected chi connectivity index (χ0v) is 12.4. The van der Waals surface area contributed by atoms with E-state index in [1.165, 1.54) is 32.1 Å². The third kappa shape index (κ3) is 5.39. The quantitative estimate of drug-likeness (QED) is 0.701. The molecular weight excluding hydrogens is 212 g/mol. The Balaban J connectivity index is 0.000000581. The fourth-order valence-corrected chi connectivity index (χ4v) is 3.12. The maximum atomic E-state index is 7.00. The number of hydrogen-bond acceptors (Lipinski definition) is 2. The highest BCUT2D eigenvalue weighted by Gasteiger charge is 2.32. The van der Waals surface area contributed by atoms with Gasteiger partial charge in [0.25, 0.3) is 0 Å². The molecule has 0 aromatic rings. The van der Waals surface area contributed by atoms with Gasteiger partial charge in [-0.05, 0) is 43.9 Å². The molecule has 2 nitrogen and oxygen atoms in total. The molecule has 2 fully saturated rings. The Morgan fingerprint density at radius 2 is 1.59 bits per heavy atom. The van der Waals surface area contributed by atoms with Crippen LogP contribution in [0.5, 0.6) is 0 Å². The van der Waals surface area contributed by atoms with Crippen LogP contribution in [0.2, 0.25) is 0 Å². The molecule has 17 heavy (non-hydrogen) atoms. The maximum absolute atomic E-state index is 7.00. The van der Waals surface area contributed by atoms with Gasteiger partial charge in [0, 0.05) is 7.11 Å². The topological polar surface area (TPSA) is 29.5 Å². The Bertz CT molecular complexity index is 170. The van der Waals surface area contributed by atoms with Crippen LogP contribution in [0.25, 0.3) is 0 Å². The summed E-state index contributed by atoms with van der Waals surface area (Å²) in [4.78, 5) is 0. The van der Waals surface area contributed by atoms with E-state index in [0.29, 0.717) is 6.10 Å². The molecule has 1 saturated carbocycles. The van der Waals surface area contributed by atoms with Gasteiger partial charge in [0.1, 0.15) is 0 Å². The van der Waals surface area contributed by atoms with Crippen molar-refractivity contribution in [3.05, 3.63) is 0 Å². The van der Waals surface area contributed by atoms with Gasteiger partial charge in [-0.2, -0.15) is 0 Å². The molecule has 0 radical (unpaired) electrons. The van der Waals surface area contributed by atoms with Crippen LogP contribution in [0.1, 0.15) is 59.8 Å². The second-order valence-corrected chi connectivity index (χ2v) is 5.05. The highest BCUT2D eigenvalue weighted by molar-refractivity contribution is 4.82. The second-order valence-electron chi connectivity index (χ2n) is 5.05. The van der Waals surface area contributed by atoms with Gasteiger partial charge in [-0.25, -0.2) is 0 Å². The van der Waals surface area contributed by atoms with E-state index < -0.39 is 0 Å². The highest BCUT2D eigenvalue weighted by Crippen LogP contribution is 2.39. The first kappa shape index (κ1) is 16.9. The van der Waals surface area contributed by atoms with Crippen molar-refractivity contribution in [1.82, 2.24) is 0 Å². The minimum Gasteiger partial charge on any atom is -0.400 e. The Hall–Kier alpha value is -0.0800. The summed E-state index contributed by atoms with van der Waals surface area (Å²) in [5.74, 6) is 2.81. The van der Waals surface area contributed by atoms with Crippen LogP contribution < -0.4 is 0 Å². The summed E-state index contributed by atoms with van der Waals surface area (Å²) in [6.07, 6.45) is 7.51. The average Bonchev–Trinajstić information content (AvgIpc) is 2.58. The summed E-state index contributed by atoms with van der Waals surface area (Å²) >= 11 is 0. The van der Waals surface area contributed by atoms with Crippen LogP contribution in [-0.2, 0) is 4.74 Å². The summed E-state index contributed by atoms with van der Waals surface area (Å²) in [7, 11) is 1.00. The summed E-state index contributed by atoms with van der Waals surface area (Å²) in [6, 6.07) is 0. The van der Waals surface area contributed by atoms with Gasteiger partial charge in [0.15, 0.2) is 0 Å². The van der Waals surface area contributed by atoms with Gasteiger partial charge in [-0.1, -0.05) is 33.6 Å². The zero-order valence-electron chi connectivity index (χ0n) is 12.4. The fourth-order valence-electron chi connectivity index (χ4n) is 3.12. The third-order valence-electron chi connectivity index (χ3n) is 4.07. The SMILES string of the molecule is CC.CC1CCCC2CO[C@@H](C)CCC12.CO. The van der Waals surface area contributed by atoms with E-state index in [0.717, 1.165) is 31.5 Å². The van der Waals surface area contributed by atoms with Crippen LogP contribution in [0.3, 0.4) is 0 Å². The lowest BCUT2D eigenvalue weighted by Crippen LogP contribution is -2.28. The molecule has 1 aliphatic heterocycles. The number of aliphatic hydroxyl groups excluding tert-OH is 1. The Morgan fingerprint density at radius 3 is 2.24 bits per heavy atom. The molecule has 0 bridgehead atoms. The molecule has 1 N–H and O–H groups in total. The van der Waals surface area contributed by atoms with Gasteiger partial charge < -0.3 is 9.84 Å². The van der Waals surface area contributed by atoms with Gasteiger partial charge in [-0.15, -0.1) is 0 Å². The van der Waals surface area contributed by atoms with Crippen molar-refractivity contribution < 1.29 is 9.84 Å². The standard InChI is InChI=1S/C12H22O.C2H6.CH4O/c1-9-4-3-5-11-8-13-10(2)6-7-12(9)11;2*1-2/h9-12H,3-8H2,1-2H3;1-2H3;2H,1H3/t9?,10-,11?,12?;;/m0../s1. The molecule has 2 heteroatoms. The van der Waals surface area contributed by atoms with E-state index in [2.05, 4.69) is 13.8 Å². The predicted octanol–water partition coefficient (Wildman–Crippen LogP) is 3.87. The van der Waals surface area contributed by atoms with Crippen LogP contribution in [-0.4, -0.2) is 24.9 Å². The van der Waals surface area contributed by atoms with Crippen molar-refractivity contribution >= 4 is 0 Å². The minimum atomic E-state index is 0.512. The van der Waals surface area contributed by atoms with Crippen LogP contribution in [0.4, 0.5) is 0 Å².